The summed E-state index contributed by atoms with van der Waals surface area (Å²) in [6.07, 6.45) is 1.83. The van der Waals surface area contributed by atoms with Crippen LogP contribution in [0.4, 0.5) is 0 Å². The summed E-state index contributed by atoms with van der Waals surface area (Å²) in [6.45, 7) is 2.54. The van der Waals surface area contributed by atoms with Gasteiger partial charge in [-0.25, -0.2) is 0 Å². The minimum absolute atomic E-state index is 0.466. The molecule has 18 heavy (non-hydrogen) atoms. The molecule has 0 spiro atoms. The summed E-state index contributed by atoms with van der Waals surface area (Å²) in [5.41, 5.74) is 0.466. The summed E-state index contributed by atoms with van der Waals surface area (Å²) in [6, 6.07) is 14.2. The molecule has 2 aromatic carbocycles. The van der Waals surface area contributed by atoms with E-state index in [1.165, 1.54) is 0 Å². The molecule has 0 aliphatic rings. The highest BCUT2D eigenvalue weighted by atomic mass is 16.5. The first-order valence-electron chi connectivity index (χ1n) is 5.71. The van der Waals surface area contributed by atoms with Gasteiger partial charge in [0.25, 0.3) is 0 Å². The summed E-state index contributed by atoms with van der Waals surface area (Å²) in [7, 11) is 0. The number of carbonyl (C=O) groups excluding carboxylic acids is 1. The summed E-state index contributed by atoms with van der Waals surface area (Å²) in [5, 5.41) is 0. The summed E-state index contributed by atoms with van der Waals surface area (Å²) in [5.74, 6) is 2.03. The third-order valence-electron chi connectivity index (χ3n) is 2.30. The van der Waals surface area contributed by atoms with Crippen LogP contribution in [-0.2, 0) is 4.79 Å². The van der Waals surface area contributed by atoms with Crippen LogP contribution >= 0.6 is 0 Å². The molecular weight excluding hydrogens is 228 g/mol. The first-order chi connectivity index (χ1) is 8.81. The Morgan fingerprint density at radius 1 is 1.00 bits per heavy atom. The van der Waals surface area contributed by atoms with Crippen LogP contribution in [0.1, 0.15) is 12.5 Å². The number of benzene rings is 2. The third kappa shape index (κ3) is 3.10. The van der Waals surface area contributed by atoms with Crippen molar-refractivity contribution in [3.63, 3.8) is 0 Å². The van der Waals surface area contributed by atoms with Gasteiger partial charge in [0.1, 0.15) is 17.2 Å². The standard InChI is InChI=1S/C15H13O3/c1-2-17-13-6-4-8-15(10-13)18-14-7-3-5-12(9-14)11-16/h3-10H,2H2,1H3. The van der Waals surface area contributed by atoms with Gasteiger partial charge >= 0.3 is 0 Å². The second kappa shape index (κ2) is 5.87. The molecule has 0 unspecified atom stereocenters. The Kier molecular flexibility index (Phi) is 3.97. The van der Waals surface area contributed by atoms with E-state index >= 15 is 0 Å². The molecule has 0 saturated carbocycles. The molecule has 1 radical (unpaired) electrons. The Balaban J connectivity index is 2.17. The summed E-state index contributed by atoms with van der Waals surface area (Å²) < 4.78 is 11.0. The van der Waals surface area contributed by atoms with Gasteiger partial charge in [0.05, 0.1) is 6.61 Å². The van der Waals surface area contributed by atoms with Gasteiger partial charge in [-0.1, -0.05) is 18.2 Å². The van der Waals surface area contributed by atoms with Crippen molar-refractivity contribution in [3.05, 3.63) is 54.1 Å². The maximum Gasteiger partial charge on any atom is 0.233 e. The molecule has 0 bridgehead atoms. The minimum Gasteiger partial charge on any atom is -0.494 e. The first-order valence-corrected chi connectivity index (χ1v) is 5.71. The molecule has 2 rings (SSSR count). The van der Waals surface area contributed by atoms with Crippen LogP contribution in [0.25, 0.3) is 0 Å². The lowest BCUT2D eigenvalue weighted by Crippen LogP contribution is -1.92. The zero-order valence-corrected chi connectivity index (χ0v) is 10.1. The molecule has 0 atom stereocenters. The van der Waals surface area contributed by atoms with Gasteiger partial charge < -0.3 is 9.47 Å². The molecule has 3 heteroatoms. The number of hydrogen-bond donors (Lipinski definition) is 0. The Hall–Kier alpha value is -2.29. The Morgan fingerprint density at radius 2 is 1.67 bits per heavy atom. The van der Waals surface area contributed by atoms with E-state index in [2.05, 4.69) is 0 Å². The van der Waals surface area contributed by atoms with Gasteiger partial charge in [0, 0.05) is 11.6 Å². The molecule has 2 aromatic rings. The van der Waals surface area contributed by atoms with Crippen molar-refractivity contribution in [2.45, 2.75) is 6.92 Å². The van der Waals surface area contributed by atoms with Crippen LogP contribution in [0.3, 0.4) is 0 Å². The SMILES string of the molecule is CCOc1cccc(Oc2cccc([C]=O)c2)c1. The molecule has 91 valence electrons. The predicted octanol–water partition coefficient (Wildman–Crippen LogP) is 3.34. The molecule has 0 heterocycles. The lowest BCUT2D eigenvalue weighted by Gasteiger charge is -2.08. The topological polar surface area (TPSA) is 35.5 Å². The normalized spacial score (nSPS) is 9.83. The van der Waals surface area contributed by atoms with E-state index in [1.54, 1.807) is 30.3 Å². The second-order valence-electron chi connectivity index (χ2n) is 3.64. The molecule has 0 aliphatic heterocycles. The van der Waals surface area contributed by atoms with Gasteiger partial charge in [-0.15, -0.1) is 0 Å². The third-order valence-corrected chi connectivity index (χ3v) is 2.30. The molecular formula is C15H13O3. The average Bonchev–Trinajstić information content (AvgIpc) is 2.40. The van der Waals surface area contributed by atoms with Crippen molar-refractivity contribution in [1.82, 2.24) is 0 Å². The van der Waals surface area contributed by atoms with E-state index < -0.39 is 0 Å². The van der Waals surface area contributed by atoms with Crippen molar-refractivity contribution in [2.75, 3.05) is 6.61 Å². The van der Waals surface area contributed by atoms with Crippen LogP contribution in [0.5, 0.6) is 17.2 Å². The number of ether oxygens (including phenoxy) is 2. The zero-order valence-electron chi connectivity index (χ0n) is 10.1. The van der Waals surface area contributed by atoms with Crippen molar-refractivity contribution < 1.29 is 14.3 Å². The van der Waals surface area contributed by atoms with Gasteiger partial charge in [-0.2, -0.15) is 0 Å². The molecule has 0 aromatic heterocycles. The zero-order chi connectivity index (χ0) is 12.8. The lowest BCUT2D eigenvalue weighted by molar-refractivity contribution is 0.338. The van der Waals surface area contributed by atoms with E-state index in [9.17, 15) is 4.79 Å². The molecule has 0 N–H and O–H groups in total. The second-order valence-corrected chi connectivity index (χ2v) is 3.64. The van der Waals surface area contributed by atoms with Crippen LogP contribution in [0, 0.1) is 0 Å². The Labute approximate surface area is 106 Å². The lowest BCUT2D eigenvalue weighted by atomic mass is 10.2. The number of hydrogen-bond acceptors (Lipinski definition) is 3. The van der Waals surface area contributed by atoms with Crippen LogP contribution in [0.2, 0.25) is 0 Å². The van der Waals surface area contributed by atoms with Crippen LogP contribution in [0.15, 0.2) is 48.5 Å². The van der Waals surface area contributed by atoms with E-state index in [-0.39, 0.29) is 0 Å². The van der Waals surface area contributed by atoms with Gasteiger partial charge in [0.15, 0.2) is 0 Å². The highest BCUT2D eigenvalue weighted by Gasteiger charge is 2.01. The largest absolute Gasteiger partial charge is 0.494 e. The van der Waals surface area contributed by atoms with Crippen molar-refractivity contribution >= 4 is 6.29 Å². The Morgan fingerprint density at radius 3 is 2.39 bits per heavy atom. The van der Waals surface area contributed by atoms with Crippen LogP contribution in [-0.4, -0.2) is 12.9 Å². The smallest absolute Gasteiger partial charge is 0.233 e. The van der Waals surface area contributed by atoms with Gasteiger partial charge in [0.2, 0.25) is 6.29 Å². The van der Waals surface area contributed by atoms with E-state index in [0.717, 1.165) is 5.75 Å². The van der Waals surface area contributed by atoms with Crippen molar-refractivity contribution in [1.29, 1.82) is 0 Å². The molecule has 0 amide bonds. The monoisotopic (exact) mass is 241 g/mol. The van der Waals surface area contributed by atoms with Crippen LogP contribution < -0.4 is 9.47 Å². The fraction of sp³-hybridized carbons (Fsp3) is 0.133. The molecule has 0 aliphatic carbocycles. The molecule has 3 nitrogen and oxygen atoms in total. The van der Waals surface area contributed by atoms with E-state index in [1.807, 2.05) is 31.4 Å². The highest BCUT2D eigenvalue weighted by molar-refractivity contribution is 5.75. The van der Waals surface area contributed by atoms with E-state index in [4.69, 9.17) is 9.47 Å². The maximum atomic E-state index is 10.5. The molecule has 0 saturated heterocycles. The van der Waals surface area contributed by atoms with Gasteiger partial charge in [-0.05, 0) is 31.2 Å². The summed E-state index contributed by atoms with van der Waals surface area (Å²) >= 11 is 0. The fourth-order valence-electron chi connectivity index (χ4n) is 1.55. The average molecular weight is 241 g/mol. The van der Waals surface area contributed by atoms with E-state index in [0.29, 0.717) is 23.7 Å². The predicted molar refractivity (Wildman–Crippen MR) is 68.9 cm³/mol. The van der Waals surface area contributed by atoms with Crippen molar-refractivity contribution in [3.8, 4) is 17.2 Å². The summed E-state index contributed by atoms with van der Waals surface area (Å²) in [4.78, 5) is 10.5. The highest BCUT2D eigenvalue weighted by Crippen LogP contribution is 2.25. The van der Waals surface area contributed by atoms with Crippen molar-refractivity contribution in [2.24, 2.45) is 0 Å². The van der Waals surface area contributed by atoms with Gasteiger partial charge in [-0.3, -0.25) is 4.79 Å². The Bertz CT molecular complexity index is 535. The quantitative estimate of drug-likeness (QED) is 0.805. The fourth-order valence-corrected chi connectivity index (χ4v) is 1.55. The first kappa shape index (κ1) is 12.2. The molecule has 0 fully saturated rings. The number of rotatable bonds is 5. The minimum atomic E-state index is 0.466. The maximum absolute atomic E-state index is 10.5.